The first-order valence-electron chi connectivity index (χ1n) is 6.93. The highest BCUT2D eigenvalue weighted by Gasteiger charge is 2.07. The summed E-state index contributed by atoms with van der Waals surface area (Å²) in [6, 6.07) is 19.2. The summed E-state index contributed by atoms with van der Waals surface area (Å²) in [5, 5.41) is 9.99. The summed E-state index contributed by atoms with van der Waals surface area (Å²) in [5.74, 6) is 0.732. The van der Waals surface area contributed by atoms with E-state index in [1.807, 2.05) is 48.5 Å². The van der Waals surface area contributed by atoms with Gasteiger partial charge in [-0.05, 0) is 35.3 Å². The van der Waals surface area contributed by atoms with Gasteiger partial charge < -0.3 is 4.65 Å². The molecule has 0 saturated carbocycles. The van der Waals surface area contributed by atoms with Gasteiger partial charge in [-0.2, -0.15) is 5.26 Å². The zero-order valence-electron chi connectivity index (χ0n) is 12.0. The number of fused-ring (bicyclic) bond motifs is 1. The van der Waals surface area contributed by atoms with Gasteiger partial charge in [-0.25, -0.2) is 0 Å². The van der Waals surface area contributed by atoms with Gasteiger partial charge in [0, 0.05) is 11.6 Å². The fourth-order valence-corrected chi connectivity index (χ4v) is 2.25. The summed E-state index contributed by atoms with van der Waals surface area (Å²) in [4.78, 5) is 4.36. The lowest BCUT2D eigenvalue weighted by Crippen LogP contribution is -2.05. The van der Waals surface area contributed by atoms with Gasteiger partial charge in [0.15, 0.2) is 0 Å². The Kier molecular flexibility index (Phi) is 3.89. The lowest BCUT2D eigenvalue weighted by atomic mass is 9.82. The standard InChI is InChI=1S/C18H13BN2O/c1-13(16-7-2-5-14(11-16)12-20)19-22-17-9-3-6-15-8-4-10-21-18(15)17/h2-11,19H,1H2. The van der Waals surface area contributed by atoms with Gasteiger partial charge in [-0.3, -0.25) is 4.98 Å². The topological polar surface area (TPSA) is 45.9 Å². The van der Waals surface area contributed by atoms with Crippen LogP contribution in [0.25, 0.3) is 16.4 Å². The van der Waals surface area contributed by atoms with E-state index < -0.39 is 0 Å². The summed E-state index contributed by atoms with van der Waals surface area (Å²) in [7, 11) is 0.352. The summed E-state index contributed by atoms with van der Waals surface area (Å²) in [6.07, 6.45) is 1.75. The molecule has 0 aliphatic carbocycles. The molecular weight excluding hydrogens is 271 g/mol. The van der Waals surface area contributed by atoms with Crippen molar-refractivity contribution in [1.29, 1.82) is 5.26 Å². The number of nitrogens with zero attached hydrogens (tertiary/aromatic N) is 2. The number of hydrogen-bond donors (Lipinski definition) is 0. The molecule has 0 atom stereocenters. The Hall–Kier alpha value is -3.06. The molecule has 104 valence electrons. The molecule has 0 aliphatic heterocycles. The predicted octanol–water partition coefficient (Wildman–Crippen LogP) is 3.51. The smallest absolute Gasteiger partial charge is 0.374 e. The minimum atomic E-state index is 0.352. The minimum Gasteiger partial charge on any atom is -0.558 e. The van der Waals surface area contributed by atoms with Crippen molar-refractivity contribution in [2.45, 2.75) is 0 Å². The van der Waals surface area contributed by atoms with Crippen molar-refractivity contribution in [3.8, 4) is 11.8 Å². The predicted molar refractivity (Wildman–Crippen MR) is 89.7 cm³/mol. The van der Waals surface area contributed by atoms with E-state index in [1.165, 1.54) is 0 Å². The molecule has 0 radical (unpaired) electrons. The van der Waals surface area contributed by atoms with Crippen molar-refractivity contribution in [2.75, 3.05) is 0 Å². The second-order valence-electron chi connectivity index (χ2n) is 4.92. The molecule has 3 nitrogen and oxygen atoms in total. The lowest BCUT2D eigenvalue weighted by Gasteiger charge is -2.10. The molecule has 22 heavy (non-hydrogen) atoms. The molecule has 1 aromatic heterocycles. The third kappa shape index (κ3) is 2.84. The van der Waals surface area contributed by atoms with Crippen LogP contribution in [0.2, 0.25) is 0 Å². The third-order valence-electron chi connectivity index (χ3n) is 3.40. The van der Waals surface area contributed by atoms with Crippen LogP contribution in [-0.4, -0.2) is 12.5 Å². The monoisotopic (exact) mass is 284 g/mol. The van der Waals surface area contributed by atoms with Gasteiger partial charge in [0.05, 0.1) is 11.6 Å². The molecule has 0 fully saturated rings. The average Bonchev–Trinajstić information content (AvgIpc) is 2.59. The van der Waals surface area contributed by atoms with E-state index in [0.717, 1.165) is 27.7 Å². The van der Waals surface area contributed by atoms with E-state index in [2.05, 4.69) is 17.6 Å². The highest BCUT2D eigenvalue weighted by Crippen LogP contribution is 2.23. The van der Waals surface area contributed by atoms with Crippen molar-refractivity contribution in [2.24, 2.45) is 0 Å². The first-order chi connectivity index (χ1) is 10.8. The zero-order valence-corrected chi connectivity index (χ0v) is 12.0. The molecule has 0 spiro atoms. The van der Waals surface area contributed by atoms with Crippen molar-refractivity contribution >= 4 is 23.9 Å². The summed E-state index contributed by atoms with van der Waals surface area (Å²) in [6.45, 7) is 4.04. The van der Waals surface area contributed by atoms with Crippen LogP contribution in [0.5, 0.6) is 5.75 Å². The molecular formula is C18H13BN2O. The Morgan fingerprint density at radius 3 is 2.82 bits per heavy atom. The van der Waals surface area contributed by atoms with Crippen molar-refractivity contribution in [3.63, 3.8) is 0 Å². The number of rotatable bonds is 4. The molecule has 1 heterocycles. The highest BCUT2D eigenvalue weighted by atomic mass is 16.4. The van der Waals surface area contributed by atoms with Crippen LogP contribution in [0.3, 0.4) is 0 Å². The highest BCUT2D eigenvalue weighted by molar-refractivity contribution is 6.55. The Morgan fingerprint density at radius 1 is 1.14 bits per heavy atom. The van der Waals surface area contributed by atoms with Crippen molar-refractivity contribution in [3.05, 3.63) is 78.5 Å². The number of nitriles is 1. The van der Waals surface area contributed by atoms with Crippen LogP contribution in [0.4, 0.5) is 0 Å². The molecule has 3 rings (SSSR count). The van der Waals surface area contributed by atoms with Crippen LogP contribution < -0.4 is 4.65 Å². The van der Waals surface area contributed by atoms with Gasteiger partial charge in [0.1, 0.15) is 11.3 Å². The lowest BCUT2D eigenvalue weighted by molar-refractivity contribution is 0.611. The number of aromatic nitrogens is 1. The van der Waals surface area contributed by atoms with E-state index in [1.54, 1.807) is 12.3 Å². The van der Waals surface area contributed by atoms with Crippen LogP contribution in [0.1, 0.15) is 11.1 Å². The Morgan fingerprint density at radius 2 is 1.95 bits per heavy atom. The minimum absolute atomic E-state index is 0.352. The van der Waals surface area contributed by atoms with Crippen molar-refractivity contribution in [1.82, 2.24) is 4.98 Å². The molecule has 4 heteroatoms. The first kappa shape index (κ1) is 13.9. The molecule has 3 aromatic rings. The van der Waals surface area contributed by atoms with E-state index in [4.69, 9.17) is 9.92 Å². The van der Waals surface area contributed by atoms with Crippen LogP contribution >= 0.6 is 0 Å². The summed E-state index contributed by atoms with van der Waals surface area (Å²) < 4.78 is 5.86. The normalized spacial score (nSPS) is 9.95. The van der Waals surface area contributed by atoms with Gasteiger partial charge >= 0.3 is 7.48 Å². The average molecular weight is 284 g/mol. The molecule has 0 unspecified atom stereocenters. The quantitative estimate of drug-likeness (QED) is 0.689. The van der Waals surface area contributed by atoms with Crippen molar-refractivity contribution < 1.29 is 4.65 Å². The second-order valence-corrected chi connectivity index (χ2v) is 4.92. The molecule has 0 bridgehead atoms. The Bertz CT molecular complexity index is 878. The molecule has 0 saturated heterocycles. The number of para-hydroxylation sites is 1. The van der Waals surface area contributed by atoms with Gasteiger partial charge in [0.2, 0.25) is 0 Å². The van der Waals surface area contributed by atoms with Crippen LogP contribution in [0, 0.1) is 11.3 Å². The van der Waals surface area contributed by atoms with Crippen LogP contribution in [0.15, 0.2) is 67.4 Å². The van der Waals surface area contributed by atoms with E-state index in [-0.39, 0.29) is 0 Å². The SMILES string of the molecule is C=C(BOc1cccc2cccnc12)c1cccc(C#N)c1. The largest absolute Gasteiger partial charge is 0.558 e. The van der Waals surface area contributed by atoms with E-state index in [9.17, 15) is 0 Å². The third-order valence-corrected chi connectivity index (χ3v) is 3.40. The summed E-state index contributed by atoms with van der Waals surface area (Å²) >= 11 is 0. The van der Waals surface area contributed by atoms with E-state index >= 15 is 0 Å². The summed E-state index contributed by atoms with van der Waals surface area (Å²) in [5.41, 5.74) is 3.19. The Labute approximate surface area is 129 Å². The number of hydrogen-bond acceptors (Lipinski definition) is 3. The van der Waals surface area contributed by atoms with Gasteiger partial charge in [-0.1, -0.05) is 30.3 Å². The maximum atomic E-state index is 8.95. The Balaban J connectivity index is 1.79. The fourth-order valence-electron chi connectivity index (χ4n) is 2.25. The maximum absolute atomic E-state index is 8.95. The molecule has 0 aliphatic rings. The second kappa shape index (κ2) is 6.15. The van der Waals surface area contributed by atoms with Gasteiger partial charge in [0.25, 0.3) is 0 Å². The van der Waals surface area contributed by atoms with Crippen LogP contribution in [-0.2, 0) is 0 Å². The fraction of sp³-hybridized carbons (Fsp3) is 0. The first-order valence-corrected chi connectivity index (χ1v) is 6.93. The molecule has 0 amide bonds. The molecule has 2 aromatic carbocycles. The van der Waals surface area contributed by atoms with E-state index in [0.29, 0.717) is 13.0 Å². The number of pyridine rings is 1. The van der Waals surface area contributed by atoms with Gasteiger partial charge in [-0.15, -0.1) is 6.58 Å². The number of benzene rings is 2. The maximum Gasteiger partial charge on any atom is 0.374 e. The zero-order chi connectivity index (χ0) is 15.4. The molecule has 0 N–H and O–H groups in total.